The van der Waals surface area contributed by atoms with E-state index in [0.29, 0.717) is 12.2 Å². The molecule has 7 heteroatoms. The minimum atomic E-state index is -0.648. The molecule has 0 spiro atoms. The fourth-order valence-corrected chi connectivity index (χ4v) is 5.75. The molecule has 0 aliphatic carbocycles. The van der Waals surface area contributed by atoms with E-state index < -0.39 is 6.10 Å². The van der Waals surface area contributed by atoms with E-state index in [0.717, 1.165) is 24.3 Å². The van der Waals surface area contributed by atoms with E-state index in [4.69, 9.17) is 0 Å². The lowest BCUT2D eigenvalue weighted by molar-refractivity contribution is -0.137. The Labute approximate surface area is 205 Å². The third kappa shape index (κ3) is 9.53. The second-order valence-electron chi connectivity index (χ2n) is 7.86. The fourth-order valence-electron chi connectivity index (χ4n) is 3.57. The number of thioether (sulfide) groups is 2. The summed E-state index contributed by atoms with van der Waals surface area (Å²) in [6.07, 6.45) is 4.99. The third-order valence-corrected chi connectivity index (χ3v) is 7.93. The van der Waals surface area contributed by atoms with Crippen molar-refractivity contribution in [1.29, 1.82) is 0 Å². The van der Waals surface area contributed by atoms with E-state index in [2.05, 4.69) is 29.0 Å². The van der Waals surface area contributed by atoms with E-state index in [1.54, 1.807) is 12.2 Å². The number of benzene rings is 2. The zero-order valence-electron chi connectivity index (χ0n) is 19.3. The number of esters is 1. The molecule has 2 aromatic carbocycles. The summed E-state index contributed by atoms with van der Waals surface area (Å²) in [5.41, 5.74) is 1.20. The lowest BCUT2D eigenvalue weighted by Crippen LogP contribution is -2.27. The molecular weight excluding hydrogens is 456 g/mol. The Morgan fingerprint density at radius 3 is 2.58 bits per heavy atom. The van der Waals surface area contributed by atoms with Gasteiger partial charge >= 0.3 is 5.97 Å². The summed E-state index contributed by atoms with van der Waals surface area (Å²) < 4.78 is 4.61. The molecule has 2 N–H and O–H groups in total. The van der Waals surface area contributed by atoms with Gasteiger partial charge in [-0.05, 0) is 54.0 Å². The van der Waals surface area contributed by atoms with Crippen molar-refractivity contribution >= 4 is 46.0 Å². The fraction of sp³-hybridized carbons (Fsp3) is 0.462. The van der Waals surface area contributed by atoms with Gasteiger partial charge in [0.25, 0.3) is 0 Å². The number of aliphatic hydroxyl groups excluding tert-OH is 2. The number of carbonyl (C=O) groups is 2. The van der Waals surface area contributed by atoms with Crippen molar-refractivity contribution in [2.75, 3.05) is 31.0 Å². The summed E-state index contributed by atoms with van der Waals surface area (Å²) in [5, 5.41) is 22.4. The van der Waals surface area contributed by atoms with Gasteiger partial charge in [-0.25, -0.2) is 0 Å². The van der Waals surface area contributed by atoms with Gasteiger partial charge in [0.15, 0.2) is 0 Å². The topological polar surface area (TPSA) is 83.8 Å². The molecular formula is C26H34O5S2. The highest BCUT2D eigenvalue weighted by atomic mass is 32.2. The molecule has 0 amide bonds. The first-order valence-electron chi connectivity index (χ1n) is 11.2. The molecule has 0 aliphatic rings. The molecule has 0 aromatic heterocycles. The van der Waals surface area contributed by atoms with E-state index in [9.17, 15) is 19.8 Å². The smallest absolute Gasteiger partial charge is 0.315 e. The molecule has 3 atom stereocenters. The highest BCUT2D eigenvalue weighted by Crippen LogP contribution is 2.24. The minimum absolute atomic E-state index is 0.0103. The van der Waals surface area contributed by atoms with Gasteiger partial charge in [0, 0.05) is 5.92 Å². The lowest BCUT2D eigenvalue weighted by atomic mass is 9.98. The quantitative estimate of drug-likeness (QED) is 0.219. The summed E-state index contributed by atoms with van der Waals surface area (Å²) in [6.45, 7) is 1.39. The molecule has 5 nitrogen and oxygen atoms in total. The van der Waals surface area contributed by atoms with Crippen molar-refractivity contribution in [2.45, 2.75) is 37.5 Å². The summed E-state index contributed by atoms with van der Waals surface area (Å²) in [4.78, 5) is 23.3. The van der Waals surface area contributed by atoms with Crippen LogP contribution in [0.1, 0.15) is 25.3 Å². The summed E-state index contributed by atoms with van der Waals surface area (Å²) >= 11 is 3.03. The molecule has 3 unspecified atom stereocenters. The minimum Gasteiger partial charge on any atom is -0.468 e. The highest BCUT2D eigenvalue weighted by Gasteiger charge is 2.23. The van der Waals surface area contributed by atoms with Crippen LogP contribution in [-0.4, -0.2) is 64.3 Å². The van der Waals surface area contributed by atoms with Crippen molar-refractivity contribution in [2.24, 2.45) is 5.92 Å². The van der Waals surface area contributed by atoms with Crippen LogP contribution in [0.5, 0.6) is 0 Å². The van der Waals surface area contributed by atoms with E-state index in [1.165, 1.54) is 53.9 Å². The van der Waals surface area contributed by atoms with Gasteiger partial charge in [-0.2, -0.15) is 11.8 Å². The molecule has 180 valence electrons. The van der Waals surface area contributed by atoms with Crippen molar-refractivity contribution < 1.29 is 24.5 Å². The third-order valence-electron chi connectivity index (χ3n) is 5.35. The number of aryl methyl sites for hydroxylation is 1. The van der Waals surface area contributed by atoms with Crippen LogP contribution in [0, 0.1) is 5.92 Å². The van der Waals surface area contributed by atoms with Crippen molar-refractivity contribution in [1.82, 2.24) is 0 Å². The van der Waals surface area contributed by atoms with Crippen LogP contribution in [0.2, 0.25) is 0 Å². The van der Waals surface area contributed by atoms with Gasteiger partial charge in [0.05, 0.1) is 30.8 Å². The van der Waals surface area contributed by atoms with Crippen molar-refractivity contribution in [3.05, 3.63) is 60.2 Å². The number of aliphatic hydroxyl groups is 2. The number of hydrogen-bond donors (Lipinski definition) is 2. The van der Waals surface area contributed by atoms with Crippen LogP contribution < -0.4 is 0 Å². The van der Waals surface area contributed by atoms with Gasteiger partial charge < -0.3 is 14.9 Å². The standard InChI is InChI=1S/C26H34O5S2/c1-19(28)26(33-16-6-15-32-18-25(30)31-2)22(17-27)12-14-23(29)13-11-21-9-5-8-20-7-3-4-10-24(20)21/h3-5,7-10,12,14,22-23,26-27,29H,6,11,13,15-18H2,1-2H3. The number of hydrogen-bond acceptors (Lipinski definition) is 7. The van der Waals surface area contributed by atoms with Gasteiger partial charge in [0.1, 0.15) is 5.78 Å². The molecule has 0 saturated heterocycles. The average molecular weight is 491 g/mol. The Kier molecular flexibility index (Phi) is 12.6. The molecule has 0 radical (unpaired) electrons. The maximum absolute atomic E-state index is 12.2. The number of rotatable bonds is 15. The zero-order chi connectivity index (χ0) is 24.1. The van der Waals surface area contributed by atoms with Gasteiger partial charge in [-0.3, -0.25) is 9.59 Å². The normalized spacial score (nSPS) is 14.3. The van der Waals surface area contributed by atoms with Gasteiger partial charge in [0.2, 0.25) is 0 Å². The van der Waals surface area contributed by atoms with E-state index >= 15 is 0 Å². The summed E-state index contributed by atoms with van der Waals surface area (Å²) in [5.74, 6) is 1.32. The van der Waals surface area contributed by atoms with E-state index in [1.807, 2.05) is 18.2 Å². The van der Waals surface area contributed by atoms with Crippen LogP contribution in [0.15, 0.2) is 54.6 Å². The molecule has 0 bridgehead atoms. The molecule has 2 rings (SSSR count). The molecule has 33 heavy (non-hydrogen) atoms. The maximum atomic E-state index is 12.2. The zero-order valence-corrected chi connectivity index (χ0v) is 20.9. The van der Waals surface area contributed by atoms with E-state index in [-0.39, 0.29) is 29.5 Å². The molecule has 2 aromatic rings. The maximum Gasteiger partial charge on any atom is 0.315 e. The second kappa shape index (κ2) is 15.2. The highest BCUT2D eigenvalue weighted by molar-refractivity contribution is 8.01. The first-order chi connectivity index (χ1) is 16.0. The number of Topliss-reactive ketones (excluding diaryl/α,β-unsaturated/α-hetero) is 1. The molecule has 0 fully saturated rings. The number of methoxy groups -OCH3 is 1. The first kappa shape index (κ1) is 27.4. The first-order valence-corrected chi connectivity index (χ1v) is 13.4. The van der Waals surface area contributed by atoms with Gasteiger partial charge in [-0.15, -0.1) is 11.8 Å². The molecule has 0 aliphatic heterocycles. The van der Waals surface area contributed by atoms with Crippen LogP contribution in [0.4, 0.5) is 0 Å². The SMILES string of the molecule is COC(=O)CSCCCSC(C(C)=O)C(C=CC(O)CCc1cccc2ccccc12)CO. The summed E-state index contributed by atoms with van der Waals surface area (Å²) in [6, 6.07) is 14.4. The van der Waals surface area contributed by atoms with Crippen LogP contribution in [-0.2, 0) is 20.7 Å². The number of ether oxygens (including phenoxy) is 1. The number of fused-ring (bicyclic) bond motifs is 1. The molecule has 0 saturated carbocycles. The van der Waals surface area contributed by atoms with Crippen LogP contribution >= 0.6 is 23.5 Å². The lowest BCUT2D eigenvalue weighted by Gasteiger charge is -2.20. The predicted octanol–water partition coefficient (Wildman–Crippen LogP) is 4.29. The Morgan fingerprint density at radius 2 is 1.85 bits per heavy atom. The Bertz CT molecular complexity index is 909. The Hall–Kier alpha value is -1.80. The van der Waals surface area contributed by atoms with Crippen molar-refractivity contribution in [3.63, 3.8) is 0 Å². The summed E-state index contributed by atoms with van der Waals surface area (Å²) in [7, 11) is 1.37. The average Bonchev–Trinajstić information content (AvgIpc) is 2.83. The second-order valence-corrected chi connectivity index (χ2v) is 10.2. The monoisotopic (exact) mass is 490 g/mol. The van der Waals surface area contributed by atoms with Gasteiger partial charge in [-0.1, -0.05) is 54.6 Å². The number of ketones is 1. The Balaban J connectivity index is 1.84. The van der Waals surface area contributed by atoms with Crippen LogP contribution in [0.3, 0.4) is 0 Å². The molecule has 0 heterocycles. The largest absolute Gasteiger partial charge is 0.468 e. The van der Waals surface area contributed by atoms with Crippen LogP contribution in [0.25, 0.3) is 10.8 Å². The van der Waals surface area contributed by atoms with Crippen molar-refractivity contribution in [3.8, 4) is 0 Å². The Morgan fingerprint density at radius 1 is 1.09 bits per heavy atom. The predicted molar refractivity (Wildman–Crippen MR) is 139 cm³/mol. The number of carbonyl (C=O) groups excluding carboxylic acids is 2.